The van der Waals surface area contributed by atoms with Gasteiger partial charge in [0.05, 0.1) is 19.1 Å². The van der Waals surface area contributed by atoms with Crippen molar-refractivity contribution in [3.8, 4) is 0 Å². The number of nitrogens with one attached hydrogen (secondary N) is 1. The lowest BCUT2D eigenvalue weighted by Crippen LogP contribution is -2.49. The number of urea groups is 1. The molecule has 1 unspecified atom stereocenters. The number of aliphatic carboxylic acids is 1. The minimum Gasteiger partial charge on any atom is -0.481 e. The number of carboxylic acid groups (broad SMARTS) is 1. The zero-order chi connectivity index (χ0) is 15.2. The second-order valence-corrected chi connectivity index (χ2v) is 5.12. The summed E-state index contributed by atoms with van der Waals surface area (Å²) < 4.78 is 5.35. The molecule has 1 aliphatic rings. The monoisotopic (exact) mass is 292 g/mol. The summed E-state index contributed by atoms with van der Waals surface area (Å²) in [4.78, 5) is 24.4. The molecule has 0 aliphatic carbocycles. The summed E-state index contributed by atoms with van der Waals surface area (Å²) in [5, 5.41) is 11.6. The van der Waals surface area contributed by atoms with Gasteiger partial charge in [-0.25, -0.2) is 4.79 Å². The van der Waals surface area contributed by atoms with E-state index in [1.165, 1.54) is 0 Å². The molecule has 1 heterocycles. The lowest BCUT2D eigenvalue weighted by Gasteiger charge is -2.32. The van der Waals surface area contributed by atoms with E-state index < -0.39 is 12.1 Å². The van der Waals surface area contributed by atoms with E-state index in [2.05, 4.69) is 5.32 Å². The Kier molecular flexibility index (Phi) is 5.16. The Bertz CT molecular complexity index is 518. The maximum absolute atomic E-state index is 12.1. The van der Waals surface area contributed by atoms with Gasteiger partial charge in [-0.15, -0.1) is 0 Å². The lowest BCUT2D eigenvalue weighted by molar-refractivity contribution is -0.141. The summed E-state index contributed by atoms with van der Waals surface area (Å²) in [6.45, 7) is 3.63. The predicted octanol–water partition coefficient (Wildman–Crippen LogP) is 1.38. The van der Waals surface area contributed by atoms with Crippen LogP contribution in [0, 0.1) is 6.92 Å². The number of carbonyl (C=O) groups excluding carboxylic acids is 1. The summed E-state index contributed by atoms with van der Waals surface area (Å²) in [5.74, 6) is -0.915. The Morgan fingerprint density at radius 2 is 2.19 bits per heavy atom. The summed E-state index contributed by atoms with van der Waals surface area (Å²) in [5.41, 5.74) is 2.20. The molecule has 0 bridgehead atoms. The number of carboxylic acids is 1. The Morgan fingerprint density at radius 3 is 2.90 bits per heavy atom. The molecule has 1 aromatic carbocycles. The molecule has 0 radical (unpaired) electrons. The Hall–Kier alpha value is -2.08. The molecule has 1 aliphatic heterocycles. The third-order valence-corrected chi connectivity index (χ3v) is 3.52. The molecule has 1 fully saturated rings. The Morgan fingerprint density at radius 1 is 1.43 bits per heavy atom. The Labute approximate surface area is 123 Å². The first-order valence-electron chi connectivity index (χ1n) is 6.97. The average Bonchev–Trinajstić information content (AvgIpc) is 2.45. The minimum atomic E-state index is -0.915. The molecule has 0 aromatic heterocycles. The van der Waals surface area contributed by atoms with E-state index in [0.29, 0.717) is 26.2 Å². The van der Waals surface area contributed by atoms with Crippen molar-refractivity contribution in [1.82, 2.24) is 10.2 Å². The van der Waals surface area contributed by atoms with Gasteiger partial charge in [0.2, 0.25) is 0 Å². The van der Waals surface area contributed by atoms with Crippen molar-refractivity contribution >= 4 is 12.0 Å². The first-order valence-corrected chi connectivity index (χ1v) is 6.97. The zero-order valence-electron chi connectivity index (χ0n) is 12.0. The molecule has 0 saturated carbocycles. The van der Waals surface area contributed by atoms with E-state index in [4.69, 9.17) is 9.84 Å². The van der Waals surface area contributed by atoms with E-state index in [-0.39, 0.29) is 12.5 Å². The molecule has 0 spiro atoms. The van der Waals surface area contributed by atoms with Crippen LogP contribution in [0.15, 0.2) is 24.3 Å². The van der Waals surface area contributed by atoms with Gasteiger partial charge in [-0.3, -0.25) is 4.79 Å². The van der Waals surface area contributed by atoms with Gasteiger partial charge < -0.3 is 20.1 Å². The second kappa shape index (κ2) is 7.08. The highest BCUT2D eigenvalue weighted by Crippen LogP contribution is 2.10. The van der Waals surface area contributed by atoms with Crippen LogP contribution in [0.1, 0.15) is 17.5 Å². The van der Waals surface area contributed by atoms with Crippen LogP contribution in [-0.4, -0.2) is 47.8 Å². The maximum atomic E-state index is 12.1. The number of hydrogen-bond acceptors (Lipinski definition) is 3. The van der Waals surface area contributed by atoms with Gasteiger partial charge in [0.25, 0.3) is 0 Å². The van der Waals surface area contributed by atoms with Gasteiger partial charge in [0.1, 0.15) is 0 Å². The number of rotatable bonds is 4. The highest BCUT2D eigenvalue weighted by atomic mass is 16.5. The van der Waals surface area contributed by atoms with Gasteiger partial charge in [-0.1, -0.05) is 24.3 Å². The van der Waals surface area contributed by atoms with Crippen LogP contribution in [0.3, 0.4) is 0 Å². The number of nitrogens with zero attached hydrogens (tertiary/aromatic N) is 1. The SMILES string of the molecule is Cc1ccccc1CNC(=O)N1CCOC(CC(=O)O)C1. The number of hydrogen-bond donors (Lipinski definition) is 2. The van der Waals surface area contributed by atoms with Crippen molar-refractivity contribution < 1.29 is 19.4 Å². The first kappa shape index (κ1) is 15.3. The largest absolute Gasteiger partial charge is 0.481 e. The first-order chi connectivity index (χ1) is 10.1. The van der Waals surface area contributed by atoms with Crippen LogP contribution in [0.5, 0.6) is 0 Å². The maximum Gasteiger partial charge on any atom is 0.317 e. The molecule has 2 N–H and O–H groups in total. The molecular formula is C15H20N2O4. The van der Waals surface area contributed by atoms with Crippen LogP contribution in [0.25, 0.3) is 0 Å². The summed E-state index contributed by atoms with van der Waals surface area (Å²) in [7, 11) is 0. The number of amides is 2. The topological polar surface area (TPSA) is 78.9 Å². The lowest BCUT2D eigenvalue weighted by atomic mass is 10.1. The van der Waals surface area contributed by atoms with Crippen molar-refractivity contribution in [2.45, 2.75) is 26.0 Å². The number of carbonyl (C=O) groups is 2. The van der Waals surface area contributed by atoms with Crippen molar-refractivity contribution in [2.75, 3.05) is 19.7 Å². The molecule has 1 atom stereocenters. The van der Waals surface area contributed by atoms with Gasteiger partial charge in [0, 0.05) is 19.6 Å². The van der Waals surface area contributed by atoms with Crippen LogP contribution in [0.4, 0.5) is 4.79 Å². The summed E-state index contributed by atoms with van der Waals surface area (Å²) in [6.07, 6.45) is -0.512. The van der Waals surface area contributed by atoms with E-state index in [1.807, 2.05) is 31.2 Å². The molecule has 1 saturated heterocycles. The number of ether oxygens (including phenoxy) is 1. The van der Waals surface area contributed by atoms with E-state index in [1.54, 1.807) is 4.90 Å². The third-order valence-electron chi connectivity index (χ3n) is 3.52. The van der Waals surface area contributed by atoms with Crippen LogP contribution >= 0.6 is 0 Å². The molecular weight excluding hydrogens is 272 g/mol. The predicted molar refractivity (Wildman–Crippen MR) is 77.0 cm³/mol. The normalized spacial score (nSPS) is 18.3. The third kappa shape index (κ3) is 4.46. The molecule has 2 rings (SSSR count). The summed E-state index contributed by atoms with van der Waals surface area (Å²) >= 11 is 0. The fourth-order valence-electron chi connectivity index (χ4n) is 2.31. The highest BCUT2D eigenvalue weighted by molar-refractivity contribution is 5.74. The molecule has 6 nitrogen and oxygen atoms in total. The van der Waals surface area contributed by atoms with Crippen LogP contribution < -0.4 is 5.32 Å². The molecule has 6 heteroatoms. The van der Waals surface area contributed by atoms with Gasteiger partial charge >= 0.3 is 12.0 Å². The van der Waals surface area contributed by atoms with Crippen molar-refractivity contribution in [1.29, 1.82) is 0 Å². The summed E-state index contributed by atoms with van der Waals surface area (Å²) in [6, 6.07) is 7.68. The molecule has 2 amide bonds. The average molecular weight is 292 g/mol. The smallest absolute Gasteiger partial charge is 0.317 e. The highest BCUT2D eigenvalue weighted by Gasteiger charge is 2.25. The van der Waals surface area contributed by atoms with E-state index in [0.717, 1.165) is 11.1 Å². The standard InChI is InChI=1S/C15H20N2O4/c1-11-4-2-3-5-12(11)9-16-15(20)17-6-7-21-13(10-17)8-14(18)19/h2-5,13H,6-10H2,1H3,(H,16,20)(H,18,19). The zero-order valence-corrected chi connectivity index (χ0v) is 12.0. The minimum absolute atomic E-state index is 0.0818. The van der Waals surface area contributed by atoms with Crippen LogP contribution in [0.2, 0.25) is 0 Å². The molecule has 114 valence electrons. The molecule has 21 heavy (non-hydrogen) atoms. The van der Waals surface area contributed by atoms with Crippen molar-refractivity contribution in [3.05, 3.63) is 35.4 Å². The Balaban J connectivity index is 1.85. The number of morpholine rings is 1. The van der Waals surface area contributed by atoms with E-state index in [9.17, 15) is 9.59 Å². The second-order valence-electron chi connectivity index (χ2n) is 5.12. The fraction of sp³-hybridized carbons (Fsp3) is 0.467. The number of aryl methyl sites for hydroxylation is 1. The van der Waals surface area contributed by atoms with E-state index >= 15 is 0 Å². The quantitative estimate of drug-likeness (QED) is 0.878. The molecule has 1 aromatic rings. The van der Waals surface area contributed by atoms with Gasteiger partial charge in [-0.2, -0.15) is 0 Å². The number of benzene rings is 1. The van der Waals surface area contributed by atoms with Crippen molar-refractivity contribution in [2.24, 2.45) is 0 Å². The van der Waals surface area contributed by atoms with Crippen molar-refractivity contribution in [3.63, 3.8) is 0 Å². The van der Waals surface area contributed by atoms with Gasteiger partial charge in [0.15, 0.2) is 0 Å². The fourth-order valence-corrected chi connectivity index (χ4v) is 2.31. The van der Waals surface area contributed by atoms with Gasteiger partial charge in [-0.05, 0) is 18.1 Å². The van der Waals surface area contributed by atoms with Crippen LogP contribution in [-0.2, 0) is 16.1 Å².